The van der Waals surface area contributed by atoms with Gasteiger partial charge in [0.2, 0.25) is 11.9 Å². The lowest BCUT2D eigenvalue weighted by Gasteiger charge is -2.41. The first kappa shape index (κ1) is 22.3. The second-order valence-electron chi connectivity index (χ2n) is 8.98. The van der Waals surface area contributed by atoms with Gasteiger partial charge in [-0.2, -0.15) is 0 Å². The molecule has 2 aliphatic rings. The van der Waals surface area contributed by atoms with Crippen LogP contribution < -0.4 is 10.5 Å². The Bertz CT molecular complexity index is 1160. The highest BCUT2D eigenvalue weighted by molar-refractivity contribution is 5.89. The number of rotatable bonds is 5. The number of nitrogens with zero attached hydrogens (tertiary/aromatic N) is 3. The van der Waals surface area contributed by atoms with Crippen LogP contribution in [-0.2, 0) is 14.9 Å². The molecule has 2 aromatic carbocycles. The minimum atomic E-state index is -0.587. The van der Waals surface area contributed by atoms with Gasteiger partial charge in [-0.15, -0.1) is 0 Å². The average molecular weight is 459 g/mol. The van der Waals surface area contributed by atoms with Crippen molar-refractivity contribution in [3.05, 3.63) is 72.1 Å². The van der Waals surface area contributed by atoms with Crippen LogP contribution in [0, 0.1) is 0 Å². The molecule has 2 N–H and O–H groups in total. The largest absolute Gasteiger partial charge is 0.497 e. The molecular weight excluding hydrogens is 428 g/mol. The van der Waals surface area contributed by atoms with E-state index < -0.39 is 5.41 Å². The molecule has 3 heterocycles. The predicted octanol–water partition coefficient (Wildman–Crippen LogP) is 4.15. The minimum absolute atomic E-state index is 0.151. The molecule has 2 fully saturated rings. The number of hydrogen-bond donors (Lipinski definition) is 1. The van der Waals surface area contributed by atoms with E-state index in [1.165, 1.54) is 0 Å². The van der Waals surface area contributed by atoms with E-state index in [1.54, 1.807) is 13.3 Å². The quantitative estimate of drug-likeness (QED) is 0.618. The standard InChI is InChI=1S/C27H30N4O3/c1-33-21-10-5-7-19(17-21)22-18-29-26(28)30-24(22)23-11-6-14-31(23)25(32)27(12-15-34-16-13-27)20-8-3-2-4-9-20/h2-5,7-10,17-18,23H,6,11-16H2,1H3,(H2,28,29,30)/t23-/m1/s1. The number of carbonyl (C=O) groups is 1. The van der Waals surface area contributed by atoms with Gasteiger partial charge in [0.1, 0.15) is 5.75 Å². The van der Waals surface area contributed by atoms with Gasteiger partial charge in [0, 0.05) is 31.5 Å². The van der Waals surface area contributed by atoms with Gasteiger partial charge in [-0.1, -0.05) is 42.5 Å². The summed E-state index contributed by atoms with van der Waals surface area (Å²) in [7, 11) is 1.65. The Morgan fingerprint density at radius 3 is 2.71 bits per heavy atom. The van der Waals surface area contributed by atoms with Crippen LogP contribution in [0.25, 0.3) is 11.1 Å². The van der Waals surface area contributed by atoms with E-state index in [2.05, 4.69) is 22.1 Å². The number of carbonyl (C=O) groups excluding carboxylic acids is 1. The second kappa shape index (κ2) is 9.43. The van der Waals surface area contributed by atoms with E-state index in [0.717, 1.165) is 41.0 Å². The maximum Gasteiger partial charge on any atom is 0.233 e. The van der Waals surface area contributed by atoms with Crippen molar-refractivity contribution in [2.75, 3.05) is 32.6 Å². The van der Waals surface area contributed by atoms with Crippen molar-refractivity contribution in [3.63, 3.8) is 0 Å². The molecule has 0 unspecified atom stereocenters. The molecule has 2 aliphatic heterocycles. The normalized spacial score (nSPS) is 19.7. The van der Waals surface area contributed by atoms with Gasteiger partial charge in [-0.05, 0) is 48.9 Å². The highest BCUT2D eigenvalue weighted by Gasteiger charge is 2.47. The summed E-state index contributed by atoms with van der Waals surface area (Å²) in [5, 5.41) is 0. The Morgan fingerprint density at radius 2 is 1.94 bits per heavy atom. The third kappa shape index (κ3) is 4.01. The second-order valence-corrected chi connectivity index (χ2v) is 8.98. The zero-order valence-electron chi connectivity index (χ0n) is 19.4. The van der Waals surface area contributed by atoms with Crippen molar-refractivity contribution in [1.29, 1.82) is 0 Å². The van der Waals surface area contributed by atoms with E-state index in [1.807, 2.05) is 47.4 Å². The van der Waals surface area contributed by atoms with E-state index >= 15 is 0 Å². The summed E-state index contributed by atoms with van der Waals surface area (Å²) in [5.74, 6) is 1.12. The van der Waals surface area contributed by atoms with Crippen molar-refractivity contribution >= 4 is 11.9 Å². The Morgan fingerprint density at radius 1 is 1.15 bits per heavy atom. The number of nitrogens with two attached hydrogens (primary N) is 1. The first-order valence-corrected chi connectivity index (χ1v) is 11.8. The van der Waals surface area contributed by atoms with E-state index in [0.29, 0.717) is 32.6 Å². The third-order valence-electron chi connectivity index (χ3n) is 7.13. The number of nitrogen functional groups attached to an aromatic ring is 1. The highest BCUT2D eigenvalue weighted by Crippen LogP contribution is 2.43. The van der Waals surface area contributed by atoms with Crippen molar-refractivity contribution in [2.24, 2.45) is 0 Å². The number of likely N-dealkylation sites (tertiary alicyclic amines) is 1. The first-order valence-electron chi connectivity index (χ1n) is 11.8. The minimum Gasteiger partial charge on any atom is -0.497 e. The number of methoxy groups -OCH3 is 1. The van der Waals surface area contributed by atoms with E-state index in [-0.39, 0.29) is 17.9 Å². The van der Waals surface area contributed by atoms with Crippen molar-refractivity contribution in [1.82, 2.24) is 14.9 Å². The average Bonchev–Trinajstić information content (AvgIpc) is 3.39. The van der Waals surface area contributed by atoms with E-state index in [4.69, 9.17) is 15.2 Å². The number of ether oxygens (including phenoxy) is 2. The third-order valence-corrected chi connectivity index (χ3v) is 7.13. The number of amides is 1. The van der Waals surface area contributed by atoms with Crippen LogP contribution in [0.4, 0.5) is 5.95 Å². The highest BCUT2D eigenvalue weighted by atomic mass is 16.5. The molecule has 0 radical (unpaired) electrons. The predicted molar refractivity (Wildman–Crippen MR) is 130 cm³/mol. The zero-order valence-corrected chi connectivity index (χ0v) is 19.4. The molecule has 34 heavy (non-hydrogen) atoms. The Kier molecular flexibility index (Phi) is 6.20. The Balaban J connectivity index is 1.56. The molecule has 3 aromatic rings. The number of anilines is 1. The summed E-state index contributed by atoms with van der Waals surface area (Å²) in [6, 6.07) is 17.8. The fourth-order valence-corrected chi connectivity index (χ4v) is 5.35. The smallest absolute Gasteiger partial charge is 0.233 e. The summed E-state index contributed by atoms with van der Waals surface area (Å²) in [4.78, 5) is 25.3. The fourth-order valence-electron chi connectivity index (χ4n) is 5.35. The summed E-state index contributed by atoms with van der Waals surface area (Å²) < 4.78 is 11.1. The number of hydrogen-bond acceptors (Lipinski definition) is 6. The van der Waals surface area contributed by atoms with Crippen molar-refractivity contribution in [3.8, 4) is 16.9 Å². The summed E-state index contributed by atoms with van der Waals surface area (Å²) in [5.41, 5.74) is 9.13. The molecule has 7 nitrogen and oxygen atoms in total. The maximum absolute atomic E-state index is 14.3. The molecule has 176 valence electrons. The van der Waals surface area contributed by atoms with Gasteiger partial charge in [0.15, 0.2) is 0 Å². The lowest BCUT2D eigenvalue weighted by molar-refractivity contribution is -0.142. The lowest BCUT2D eigenvalue weighted by atomic mass is 9.72. The summed E-state index contributed by atoms with van der Waals surface area (Å²) in [6.45, 7) is 1.85. The molecule has 0 aliphatic carbocycles. The topological polar surface area (TPSA) is 90.6 Å². The van der Waals surface area contributed by atoms with E-state index in [9.17, 15) is 4.79 Å². The summed E-state index contributed by atoms with van der Waals surface area (Å²) >= 11 is 0. The Labute approximate surface area is 199 Å². The maximum atomic E-state index is 14.3. The molecule has 0 spiro atoms. The molecule has 1 amide bonds. The van der Waals surface area contributed by atoms with Gasteiger partial charge < -0.3 is 20.1 Å². The van der Waals surface area contributed by atoms with Crippen LogP contribution in [0.1, 0.15) is 43.0 Å². The van der Waals surface area contributed by atoms with Crippen LogP contribution in [-0.4, -0.2) is 47.6 Å². The molecular formula is C27H30N4O3. The van der Waals surface area contributed by atoms with Gasteiger partial charge >= 0.3 is 0 Å². The fraction of sp³-hybridized carbons (Fsp3) is 0.370. The molecule has 1 aromatic heterocycles. The van der Waals surface area contributed by atoms with Crippen LogP contribution in [0.2, 0.25) is 0 Å². The molecule has 0 saturated carbocycles. The molecule has 1 atom stereocenters. The number of benzene rings is 2. The Hall–Kier alpha value is -3.45. The SMILES string of the molecule is COc1cccc(-c2cnc(N)nc2[C@H]2CCCN2C(=O)C2(c3ccccc3)CCOCC2)c1. The molecule has 5 rings (SSSR count). The first-order chi connectivity index (χ1) is 16.6. The zero-order chi connectivity index (χ0) is 23.5. The van der Waals surface area contributed by atoms with Gasteiger partial charge in [0.05, 0.1) is 24.3 Å². The van der Waals surface area contributed by atoms with Crippen molar-refractivity contribution in [2.45, 2.75) is 37.1 Å². The number of aromatic nitrogens is 2. The van der Waals surface area contributed by atoms with Crippen LogP contribution >= 0.6 is 0 Å². The van der Waals surface area contributed by atoms with Gasteiger partial charge in [-0.25, -0.2) is 9.97 Å². The van der Waals surface area contributed by atoms with Crippen LogP contribution in [0.3, 0.4) is 0 Å². The van der Waals surface area contributed by atoms with Gasteiger partial charge in [0.25, 0.3) is 0 Å². The van der Waals surface area contributed by atoms with Crippen molar-refractivity contribution < 1.29 is 14.3 Å². The monoisotopic (exact) mass is 458 g/mol. The molecule has 0 bridgehead atoms. The lowest BCUT2D eigenvalue weighted by Crippen LogP contribution is -2.49. The molecule has 7 heteroatoms. The van der Waals surface area contributed by atoms with Crippen LogP contribution in [0.5, 0.6) is 5.75 Å². The van der Waals surface area contributed by atoms with Gasteiger partial charge in [-0.3, -0.25) is 4.79 Å². The van der Waals surface area contributed by atoms with Crippen LogP contribution in [0.15, 0.2) is 60.8 Å². The summed E-state index contributed by atoms with van der Waals surface area (Å²) in [6.07, 6.45) is 4.86. The molecule has 2 saturated heterocycles.